The van der Waals surface area contributed by atoms with E-state index < -0.39 is 5.97 Å². The molecule has 0 bridgehead atoms. The van der Waals surface area contributed by atoms with Gasteiger partial charge in [0.2, 0.25) is 0 Å². The number of amides is 1. The Hall–Kier alpha value is -2.66. The fourth-order valence-corrected chi connectivity index (χ4v) is 2.85. The summed E-state index contributed by atoms with van der Waals surface area (Å²) in [5.74, 6) is -0.888. The van der Waals surface area contributed by atoms with Crippen LogP contribution >= 0.6 is 11.3 Å². The van der Waals surface area contributed by atoms with Gasteiger partial charge in [-0.2, -0.15) is 0 Å². The maximum absolute atomic E-state index is 12.1. The highest BCUT2D eigenvalue weighted by molar-refractivity contribution is 7.10. The van der Waals surface area contributed by atoms with Crippen LogP contribution in [-0.4, -0.2) is 18.5 Å². The molecule has 4 nitrogen and oxygen atoms in total. The van der Waals surface area contributed by atoms with Crippen molar-refractivity contribution in [1.82, 2.24) is 5.32 Å². The van der Waals surface area contributed by atoms with E-state index in [0.717, 1.165) is 10.4 Å². The molecule has 1 heterocycles. The molecule has 2 aromatic rings. The van der Waals surface area contributed by atoms with E-state index >= 15 is 0 Å². The van der Waals surface area contributed by atoms with Gasteiger partial charge < -0.3 is 10.1 Å². The van der Waals surface area contributed by atoms with E-state index in [-0.39, 0.29) is 18.6 Å². The lowest BCUT2D eigenvalue weighted by atomic mass is 10.1. The van der Waals surface area contributed by atoms with Gasteiger partial charge in [-0.25, -0.2) is 4.79 Å². The molecule has 1 aromatic carbocycles. The van der Waals surface area contributed by atoms with Crippen LogP contribution in [0.1, 0.15) is 23.4 Å². The molecule has 5 heteroatoms. The van der Waals surface area contributed by atoms with Crippen LogP contribution in [0.2, 0.25) is 0 Å². The third kappa shape index (κ3) is 5.52. The summed E-state index contributed by atoms with van der Waals surface area (Å²) < 4.78 is 4.94. The fourth-order valence-electron chi connectivity index (χ4n) is 2.05. The first-order chi connectivity index (χ1) is 11.7. The lowest BCUT2D eigenvalue weighted by Gasteiger charge is -2.18. The maximum atomic E-state index is 12.1. The molecule has 0 spiro atoms. The summed E-state index contributed by atoms with van der Waals surface area (Å²) in [6.45, 7) is 1.53. The topological polar surface area (TPSA) is 55.4 Å². The van der Waals surface area contributed by atoms with Crippen LogP contribution in [0.15, 0.2) is 72.1 Å². The molecule has 0 aliphatic carbocycles. The normalized spacial score (nSPS) is 12.4. The van der Waals surface area contributed by atoms with Crippen LogP contribution in [0.3, 0.4) is 0 Å². The monoisotopic (exact) mass is 341 g/mol. The van der Waals surface area contributed by atoms with Crippen molar-refractivity contribution in [3.8, 4) is 0 Å². The van der Waals surface area contributed by atoms with Crippen molar-refractivity contribution in [3.05, 3.63) is 82.6 Å². The van der Waals surface area contributed by atoms with Crippen molar-refractivity contribution >= 4 is 23.2 Å². The number of hydrogen-bond acceptors (Lipinski definition) is 4. The first-order valence-electron chi connectivity index (χ1n) is 7.54. The van der Waals surface area contributed by atoms with Crippen LogP contribution in [0, 0.1) is 0 Å². The molecule has 2 rings (SSSR count). The molecular weight excluding hydrogens is 322 g/mol. The minimum absolute atomic E-state index is 0.254. The van der Waals surface area contributed by atoms with Gasteiger partial charge in [0, 0.05) is 11.0 Å². The quantitative estimate of drug-likeness (QED) is 0.475. The number of carbonyl (C=O) groups excluding carboxylic acids is 2. The van der Waals surface area contributed by atoms with E-state index in [9.17, 15) is 9.59 Å². The summed E-state index contributed by atoms with van der Waals surface area (Å²) in [5.41, 5.74) is 0.979. The molecular formula is C19H19NO3S. The molecule has 24 heavy (non-hydrogen) atoms. The average Bonchev–Trinajstić information content (AvgIpc) is 3.13. The molecule has 0 radical (unpaired) electrons. The number of carbonyl (C=O) groups is 2. The Bertz CT molecular complexity index is 705. The van der Waals surface area contributed by atoms with E-state index in [2.05, 4.69) is 5.32 Å². The largest absolute Gasteiger partial charge is 0.452 e. The van der Waals surface area contributed by atoms with Crippen LogP contribution in [-0.2, 0) is 14.3 Å². The van der Waals surface area contributed by atoms with Gasteiger partial charge in [-0.3, -0.25) is 4.79 Å². The van der Waals surface area contributed by atoms with Gasteiger partial charge >= 0.3 is 5.97 Å². The van der Waals surface area contributed by atoms with E-state index in [1.807, 2.05) is 54.8 Å². The van der Waals surface area contributed by atoms with Crippen LogP contribution in [0.5, 0.6) is 0 Å². The van der Waals surface area contributed by atoms with Crippen LogP contribution in [0.4, 0.5) is 0 Å². The Labute approximate surface area is 145 Å². The summed E-state index contributed by atoms with van der Waals surface area (Å²) in [6, 6.07) is 13.3. The molecule has 0 aliphatic rings. The van der Waals surface area contributed by atoms with Crippen LogP contribution < -0.4 is 5.32 Å². The van der Waals surface area contributed by atoms with Crippen molar-refractivity contribution in [2.75, 3.05) is 6.61 Å². The molecule has 0 fully saturated rings. The Balaban J connectivity index is 1.97. The highest BCUT2D eigenvalue weighted by Crippen LogP contribution is 2.25. The van der Waals surface area contributed by atoms with E-state index in [4.69, 9.17) is 4.74 Å². The highest BCUT2D eigenvalue weighted by atomic mass is 32.1. The molecule has 0 saturated heterocycles. The molecule has 0 unspecified atom stereocenters. The van der Waals surface area contributed by atoms with Gasteiger partial charge in [0.05, 0.1) is 6.04 Å². The summed E-state index contributed by atoms with van der Waals surface area (Å²) in [7, 11) is 0. The van der Waals surface area contributed by atoms with Crippen molar-refractivity contribution in [2.24, 2.45) is 0 Å². The Kier molecular flexibility index (Phi) is 6.98. The van der Waals surface area contributed by atoms with Gasteiger partial charge in [-0.05, 0) is 23.9 Å². The second kappa shape index (κ2) is 9.47. The predicted octanol–water partition coefficient (Wildman–Crippen LogP) is 3.63. The lowest BCUT2D eigenvalue weighted by Crippen LogP contribution is -2.32. The number of hydrogen-bond donors (Lipinski definition) is 1. The maximum Gasteiger partial charge on any atom is 0.331 e. The zero-order valence-corrected chi connectivity index (χ0v) is 14.2. The molecule has 1 N–H and O–H groups in total. The second-order valence-corrected chi connectivity index (χ2v) is 5.90. The van der Waals surface area contributed by atoms with E-state index in [1.54, 1.807) is 29.6 Å². The predicted molar refractivity (Wildman–Crippen MR) is 95.7 cm³/mol. The first kappa shape index (κ1) is 17.7. The van der Waals surface area contributed by atoms with E-state index in [0.29, 0.717) is 0 Å². The first-order valence-corrected chi connectivity index (χ1v) is 8.42. The summed E-state index contributed by atoms with van der Waals surface area (Å²) in [6.07, 6.45) is 6.35. The van der Waals surface area contributed by atoms with Crippen molar-refractivity contribution < 1.29 is 14.3 Å². The molecule has 0 saturated carbocycles. The smallest absolute Gasteiger partial charge is 0.331 e. The van der Waals surface area contributed by atoms with Gasteiger partial charge in [-0.1, -0.05) is 54.6 Å². The number of nitrogens with one attached hydrogen (secondary N) is 1. The van der Waals surface area contributed by atoms with Crippen molar-refractivity contribution in [1.29, 1.82) is 0 Å². The number of ether oxygens (including phenoxy) is 1. The van der Waals surface area contributed by atoms with Gasteiger partial charge in [0.1, 0.15) is 0 Å². The van der Waals surface area contributed by atoms with Crippen molar-refractivity contribution in [2.45, 2.75) is 13.0 Å². The number of benzene rings is 1. The lowest BCUT2D eigenvalue weighted by molar-refractivity contribution is -0.144. The molecule has 1 aromatic heterocycles. The SMILES string of the molecule is C/C=C/C=C/C(=O)OCC(=O)N[C@@H](c1ccccc1)c1cccs1. The van der Waals surface area contributed by atoms with Gasteiger partial charge in [0.15, 0.2) is 6.61 Å². The second-order valence-electron chi connectivity index (χ2n) is 4.92. The number of esters is 1. The molecule has 124 valence electrons. The number of rotatable bonds is 7. The Morgan fingerprint density at radius 3 is 2.62 bits per heavy atom. The summed E-state index contributed by atoms with van der Waals surface area (Å²) >= 11 is 1.56. The Morgan fingerprint density at radius 2 is 1.96 bits per heavy atom. The molecule has 1 amide bonds. The Morgan fingerprint density at radius 1 is 1.17 bits per heavy atom. The minimum atomic E-state index is -0.546. The highest BCUT2D eigenvalue weighted by Gasteiger charge is 2.18. The molecule has 1 atom stereocenters. The van der Waals surface area contributed by atoms with Gasteiger partial charge in [0.25, 0.3) is 5.91 Å². The number of allylic oxidation sites excluding steroid dienone is 3. The van der Waals surface area contributed by atoms with E-state index in [1.165, 1.54) is 6.08 Å². The fraction of sp³-hybridized carbons (Fsp3) is 0.158. The third-order valence-corrected chi connectivity index (χ3v) is 4.08. The zero-order valence-electron chi connectivity index (χ0n) is 13.3. The minimum Gasteiger partial charge on any atom is -0.452 e. The number of thiophene rings is 1. The molecule has 0 aliphatic heterocycles. The average molecular weight is 341 g/mol. The van der Waals surface area contributed by atoms with Gasteiger partial charge in [-0.15, -0.1) is 11.3 Å². The summed E-state index contributed by atoms with van der Waals surface area (Å²) in [4.78, 5) is 24.6. The van der Waals surface area contributed by atoms with Crippen LogP contribution in [0.25, 0.3) is 0 Å². The summed E-state index contributed by atoms with van der Waals surface area (Å²) in [5, 5.41) is 4.88. The standard InChI is InChI=1S/C19H19NO3S/c1-2-3-5-12-18(22)23-14-17(21)20-19(16-11-8-13-24-16)15-9-6-4-7-10-15/h2-13,19H,14H2,1H3,(H,20,21)/b3-2+,12-5+/t19-/m0/s1. The zero-order chi connectivity index (χ0) is 17.2. The van der Waals surface area contributed by atoms with Crippen molar-refractivity contribution in [3.63, 3.8) is 0 Å². The third-order valence-electron chi connectivity index (χ3n) is 3.15.